The van der Waals surface area contributed by atoms with Crippen LogP contribution in [0.2, 0.25) is 0 Å². The van der Waals surface area contributed by atoms with E-state index in [1.165, 1.54) is 19.3 Å². The molecule has 0 aromatic carbocycles. The van der Waals surface area contributed by atoms with Crippen LogP contribution in [0.1, 0.15) is 46.0 Å². The topological polar surface area (TPSA) is 94.8 Å². The second kappa shape index (κ2) is 12.9. The Morgan fingerprint density at radius 2 is 1.53 bits per heavy atom. The Hall–Kier alpha value is 0.830. The van der Waals surface area contributed by atoms with E-state index < -0.39 is 10.4 Å². The number of unbranched alkanes of at least 4 members (excludes halogenated alkanes) is 2. The van der Waals surface area contributed by atoms with Gasteiger partial charge in [0.25, 0.3) is 0 Å². The van der Waals surface area contributed by atoms with E-state index in [0.717, 1.165) is 12.8 Å². The van der Waals surface area contributed by atoms with Gasteiger partial charge in [-0.1, -0.05) is 33.1 Å². The molecule has 15 heavy (non-hydrogen) atoms. The third-order valence-corrected chi connectivity index (χ3v) is 1.61. The molecule has 0 aliphatic carbocycles. The van der Waals surface area contributed by atoms with Gasteiger partial charge in [0.05, 0.1) is 6.10 Å². The summed E-state index contributed by atoms with van der Waals surface area (Å²) >= 11 is 0. The molecule has 1 atom stereocenters. The molecule has 0 aliphatic rings. The molecule has 0 spiro atoms. The van der Waals surface area contributed by atoms with Crippen LogP contribution in [0.5, 0.6) is 0 Å². The Kier molecular flexibility index (Phi) is 18.2. The fourth-order valence-electron chi connectivity index (χ4n) is 0.834. The van der Waals surface area contributed by atoms with Gasteiger partial charge in [-0.15, -0.1) is 0 Å². The van der Waals surface area contributed by atoms with Crippen LogP contribution < -0.4 is 0 Å². The van der Waals surface area contributed by atoms with Gasteiger partial charge in [0.1, 0.15) is 0 Å². The fourth-order valence-corrected chi connectivity index (χ4v) is 0.834. The zero-order chi connectivity index (χ0) is 11.6. The molecule has 0 saturated heterocycles. The summed E-state index contributed by atoms with van der Waals surface area (Å²) in [6.45, 7) is 4.20. The van der Waals surface area contributed by atoms with Gasteiger partial charge < -0.3 is 5.11 Å². The molecule has 0 bridgehead atoms. The van der Waals surface area contributed by atoms with Crippen molar-refractivity contribution in [1.29, 1.82) is 0 Å². The second-order valence-electron chi connectivity index (χ2n) is 3.01. The van der Waals surface area contributed by atoms with Gasteiger partial charge in [0.2, 0.25) is 0 Å². The Morgan fingerprint density at radius 1 is 1.13 bits per heavy atom. The van der Waals surface area contributed by atoms with Crippen molar-refractivity contribution >= 4 is 40.0 Å². The molecule has 5 nitrogen and oxygen atoms in total. The average molecular weight is 252 g/mol. The molecule has 3 N–H and O–H groups in total. The van der Waals surface area contributed by atoms with Crippen LogP contribution in [-0.4, -0.2) is 58.3 Å². The standard InChI is InChI=1S/C8H18O.Na.H2O4S.H/c1-3-5-6-7-8(9)4-2;;1-5(2,3)4;/h8-9H,3-7H2,1-2H3;;(H2,1,2,3,4);. The first-order chi connectivity index (χ1) is 6.31. The summed E-state index contributed by atoms with van der Waals surface area (Å²) in [4.78, 5) is 0. The molecule has 0 heterocycles. The molecule has 0 rings (SSSR count). The number of hydrogen-bond acceptors (Lipinski definition) is 3. The predicted molar refractivity (Wildman–Crippen MR) is 61.8 cm³/mol. The molecule has 0 amide bonds. The molecule has 0 fully saturated rings. The first-order valence-corrected chi connectivity index (χ1v) is 6.08. The van der Waals surface area contributed by atoms with Crippen LogP contribution in [0, 0.1) is 0 Å². The Morgan fingerprint density at radius 3 is 1.80 bits per heavy atom. The third kappa shape index (κ3) is 39.8. The monoisotopic (exact) mass is 252 g/mol. The summed E-state index contributed by atoms with van der Waals surface area (Å²) in [5.41, 5.74) is 0. The predicted octanol–water partition coefficient (Wildman–Crippen LogP) is 1.04. The van der Waals surface area contributed by atoms with Crippen LogP contribution in [0.25, 0.3) is 0 Å². The van der Waals surface area contributed by atoms with Crippen molar-refractivity contribution in [2.24, 2.45) is 0 Å². The molecule has 7 heteroatoms. The van der Waals surface area contributed by atoms with E-state index in [4.69, 9.17) is 22.6 Å². The van der Waals surface area contributed by atoms with Gasteiger partial charge in [-0.2, -0.15) is 8.42 Å². The first-order valence-electron chi connectivity index (χ1n) is 4.69. The molecule has 0 aromatic rings. The summed E-state index contributed by atoms with van der Waals surface area (Å²) in [6.07, 6.45) is 5.55. The first kappa shape index (κ1) is 21.1. The van der Waals surface area contributed by atoms with Crippen LogP contribution in [0.3, 0.4) is 0 Å². The number of rotatable bonds is 5. The minimum absolute atomic E-state index is 0. The van der Waals surface area contributed by atoms with Crippen LogP contribution in [0.15, 0.2) is 0 Å². The molecular weight excluding hydrogens is 231 g/mol. The molecule has 0 aliphatic heterocycles. The second-order valence-corrected chi connectivity index (χ2v) is 3.90. The summed E-state index contributed by atoms with van der Waals surface area (Å²) in [7, 11) is -4.67. The van der Waals surface area contributed by atoms with Gasteiger partial charge in [0, 0.05) is 0 Å². The summed E-state index contributed by atoms with van der Waals surface area (Å²) in [5.74, 6) is 0. The normalized spacial score (nSPS) is 12.1. The SMILES string of the molecule is CCCCCC(O)CC.O=S(=O)(O)O.[NaH]. The number of aliphatic hydroxyl groups excluding tert-OH is 1. The van der Waals surface area contributed by atoms with Crippen molar-refractivity contribution in [3.8, 4) is 0 Å². The van der Waals surface area contributed by atoms with E-state index in [0.29, 0.717) is 0 Å². The van der Waals surface area contributed by atoms with Crippen LogP contribution >= 0.6 is 0 Å². The van der Waals surface area contributed by atoms with Crippen molar-refractivity contribution in [3.05, 3.63) is 0 Å². The Bertz CT molecular complexity index is 197. The van der Waals surface area contributed by atoms with E-state index in [2.05, 4.69) is 6.92 Å². The molecule has 0 radical (unpaired) electrons. The van der Waals surface area contributed by atoms with Crippen molar-refractivity contribution in [2.75, 3.05) is 0 Å². The zero-order valence-electron chi connectivity index (χ0n) is 8.68. The summed E-state index contributed by atoms with van der Waals surface area (Å²) in [5, 5.41) is 9.08. The van der Waals surface area contributed by atoms with E-state index >= 15 is 0 Å². The zero-order valence-corrected chi connectivity index (χ0v) is 9.50. The molecular formula is C8H21NaO5S. The summed E-state index contributed by atoms with van der Waals surface area (Å²) < 4.78 is 31.6. The van der Waals surface area contributed by atoms with Gasteiger partial charge in [-0.3, -0.25) is 9.11 Å². The number of aliphatic hydroxyl groups is 1. The Labute approximate surface area is 114 Å². The third-order valence-electron chi connectivity index (χ3n) is 1.61. The average Bonchev–Trinajstić information content (AvgIpc) is 2.01. The quantitative estimate of drug-likeness (QED) is 0.386. The van der Waals surface area contributed by atoms with Crippen molar-refractivity contribution in [3.63, 3.8) is 0 Å². The molecule has 1 unspecified atom stereocenters. The van der Waals surface area contributed by atoms with E-state index in [1.54, 1.807) is 0 Å². The molecule has 90 valence electrons. The van der Waals surface area contributed by atoms with Gasteiger partial charge in [-0.25, -0.2) is 0 Å². The molecule has 0 aromatic heterocycles. The fraction of sp³-hybridized carbons (Fsp3) is 1.00. The Balaban J connectivity index is -0.000000208. The van der Waals surface area contributed by atoms with Gasteiger partial charge >= 0.3 is 40.0 Å². The summed E-state index contributed by atoms with van der Waals surface area (Å²) in [6, 6.07) is 0. The van der Waals surface area contributed by atoms with Crippen molar-refractivity contribution in [1.82, 2.24) is 0 Å². The van der Waals surface area contributed by atoms with E-state index in [9.17, 15) is 0 Å². The van der Waals surface area contributed by atoms with Crippen LogP contribution in [-0.2, 0) is 10.4 Å². The van der Waals surface area contributed by atoms with E-state index in [1.807, 2.05) is 6.92 Å². The van der Waals surface area contributed by atoms with Gasteiger partial charge in [-0.05, 0) is 12.8 Å². The maximum atomic E-state index is 9.08. The number of hydrogen-bond donors (Lipinski definition) is 3. The van der Waals surface area contributed by atoms with E-state index in [-0.39, 0.29) is 35.7 Å². The maximum absolute atomic E-state index is 9.08. The molecule has 0 saturated carbocycles. The minimum atomic E-state index is -4.67. The van der Waals surface area contributed by atoms with Gasteiger partial charge in [0.15, 0.2) is 0 Å². The van der Waals surface area contributed by atoms with Crippen LogP contribution in [0.4, 0.5) is 0 Å². The van der Waals surface area contributed by atoms with Crippen molar-refractivity contribution < 1.29 is 22.6 Å². The van der Waals surface area contributed by atoms with Crippen molar-refractivity contribution in [2.45, 2.75) is 52.1 Å².